The van der Waals surface area contributed by atoms with E-state index in [1.54, 1.807) is 0 Å². The van der Waals surface area contributed by atoms with Crippen LogP contribution in [0.2, 0.25) is 0 Å². The molecule has 0 spiro atoms. The molecule has 172 valence electrons. The van der Waals surface area contributed by atoms with E-state index in [1.807, 2.05) is 12.1 Å². The quantitative estimate of drug-likeness (QED) is 0.508. The van der Waals surface area contributed by atoms with E-state index in [0.29, 0.717) is 12.0 Å². The zero-order chi connectivity index (χ0) is 22.8. The fourth-order valence-corrected chi connectivity index (χ4v) is 5.01. The Hall–Kier alpha value is -3.28. The number of benzene rings is 2. The number of nitrogens with zero attached hydrogens (tertiary/aromatic N) is 2. The second-order valence-electron chi connectivity index (χ2n) is 9.61. The molecule has 2 fully saturated rings. The van der Waals surface area contributed by atoms with E-state index in [2.05, 4.69) is 83.5 Å². The average Bonchev–Trinajstić information content (AvgIpc) is 3.59. The standard InChI is InChI=1S/C27H33N5O/c1-32(2)25-17-26(30-23-11-7-6-10-21(23)25)28-19-12-14-20(15-13-19)29-27(33)31-24-16-22(24)18-8-4-3-5-9-18/h3-11,17,19-20,22,24H,12-16H2,1-2H3,(H,28,30)(H2,29,31,33)/t19?,20?,22-,24+/m0/s1. The molecule has 2 atom stereocenters. The van der Waals surface area contributed by atoms with Gasteiger partial charge in [0.1, 0.15) is 5.82 Å². The van der Waals surface area contributed by atoms with Gasteiger partial charge in [-0.15, -0.1) is 0 Å². The van der Waals surface area contributed by atoms with Crippen LogP contribution in [0.1, 0.15) is 43.6 Å². The number of amides is 2. The number of hydrogen-bond donors (Lipinski definition) is 3. The molecule has 3 aromatic rings. The van der Waals surface area contributed by atoms with E-state index >= 15 is 0 Å². The van der Waals surface area contributed by atoms with Crippen LogP contribution in [-0.4, -0.2) is 43.2 Å². The molecule has 6 nitrogen and oxygen atoms in total. The van der Waals surface area contributed by atoms with E-state index in [1.165, 1.54) is 11.3 Å². The van der Waals surface area contributed by atoms with Crippen LogP contribution < -0.4 is 20.9 Å². The first-order valence-electron chi connectivity index (χ1n) is 12.0. The molecule has 0 bridgehead atoms. The highest BCUT2D eigenvalue weighted by Gasteiger charge is 2.39. The minimum atomic E-state index is -0.0262. The van der Waals surface area contributed by atoms with Crippen LogP contribution >= 0.6 is 0 Å². The molecule has 2 aliphatic carbocycles. The molecule has 0 radical (unpaired) electrons. The smallest absolute Gasteiger partial charge is 0.315 e. The number of hydrogen-bond acceptors (Lipinski definition) is 4. The van der Waals surface area contributed by atoms with Crippen LogP contribution in [0, 0.1) is 0 Å². The highest BCUT2D eigenvalue weighted by molar-refractivity contribution is 5.93. The van der Waals surface area contributed by atoms with Crippen LogP contribution in [0.3, 0.4) is 0 Å². The van der Waals surface area contributed by atoms with Crippen molar-refractivity contribution in [3.63, 3.8) is 0 Å². The first-order valence-corrected chi connectivity index (χ1v) is 12.0. The first-order chi connectivity index (χ1) is 16.1. The number of pyridine rings is 1. The maximum absolute atomic E-state index is 12.5. The number of urea groups is 1. The number of carbonyl (C=O) groups is 1. The maximum Gasteiger partial charge on any atom is 0.315 e. The number of fused-ring (bicyclic) bond motifs is 1. The average molecular weight is 444 g/mol. The lowest BCUT2D eigenvalue weighted by Gasteiger charge is -2.30. The Kier molecular flexibility index (Phi) is 6.07. The molecular weight excluding hydrogens is 410 g/mol. The van der Waals surface area contributed by atoms with Crippen molar-refractivity contribution in [3.05, 3.63) is 66.2 Å². The van der Waals surface area contributed by atoms with Crippen LogP contribution in [0.15, 0.2) is 60.7 Å². The lowest BCUT2D eigenvalue weighted by molar-refractivity contribution is 0.231. The number of aromatic nitrogens is 1. The summed E-state index contributed by atoms with van der Waals surface area (Å²) in [5, 5.41) is 11.2. The monoisotopic (exact) mass is 443 g/mol. The third kappa shape index (κ3) is 5.05. The molecule has 5 rings (SSSR count). The van der Waals surface area contributed by atoms with Crippen molar-refractivity contribution in [2.45, 2.75) is 56.1 Å². The van der Waals surface area contributed by atoms with Gasteiger partial charge in [-0.2, -0.15) is 0 Å². The molecule has 6 heteroatoms. The lowest BCUT2D eigenvalue weighted by atomic mass is 9.91. The molecule has 2 aliphatic rings. The Bertz CT molecular complexity index is 1110. The Morgan fingerprint density at radius 3 is 2.36 bits per heavy atom. The van der Waals surface area contributed by atoms with Gasteiger partial charge >= 0.3 is 6.03 Å². The minimum Gasteiger partial charge on any atom is -0.377 e. The molecule has 2 aromatic carbocycles. The Balaban J connectivity index is 1.11. The molecule has 0 aliphatic heterocycles. The molecule has 1 heterocycles. The van der Waals surface area contributed by atoms with Crippen LogP contribution in [0.4, 0.5) is 16.3 Å². The van der Waals surface area contributed by atoms with Crippen molar-refractivity contribution in [2.24, 2.45) is 0 Å². The van der Waals surface area contributed by atoms with Crippen molar-refractivity contribution < 1.29 is 4.79 Å². The molecule has 0 saturated heterocycles. The van der Waals surface area contributed by atoms with Gasteiger partial charge in [0.2, 0.25) is 0 Å². The summed E-state index contributed by atoms with van der Waals surface area (Å²) in [6, 6.07) is 21.7. The summed E-state index contributed by atoms with van der Waals surface area (Å²) in [5.74, 6) is 1.38. The van der Waals surface area contributed by atoms with Crippen molar-refractivity contribution in [1.29, 1.82) is 0 Å². The molecular formula is C27H33N5O. The zero-order valence-corrected chi connectivity index (χ0v) is 19.4. The molecule has 3 N–H and O–H groups in total. The van der Waals surface area contributed by atoms with Gasteiger partial charge in [0, 0.05) is 55.3 Å². The Labute approximate surface area is 195 Å². The van der Waals surface area contributed by atoms with E-state index in [-0.39, 0.29) is 18.1 Å². The molecule has 1 aromatic heterocycles. The van der Waals surface area contributed by atoms with E-state index in [0.717, 1.165) is 48.8 Å². The van der Waals surface area contributed by atoms with Gasteiger partial charge < -0.3 is 20.9 Å². The third-order valence-electron chi connectivity index (χ3n) is 6.93. The highest BCUT2D eigenvalue weighted by atomic mass is 16.2. The van der Waals surface area contributed by atoms with Gasteiger partial charge in [-0.25, -0.2) is 9.78 Å². The topological polar surface area (TPSA) is 69.3 Å². The van der Waals surface area contributed by atoms with Gasteiger partial charge in [0.05, 0.1) is 5.52 Å². The van der Waals surface area contributed by atoms with E-state index in [9.17, 15) is 4.79 Å². The van der Waals surface area contributed by atoms with Crippen molar-refractivity contribution in [2.75, 3.05) is 24.3 Å². The number of nitrogens with one attached hydrogen (secondary N) is 3. The number of para-hydroxylation sites is 1. The number of anilines is 2. The van der Waals surface area contributed by atoms with Gasteiger partial charge in [0.15, 0.2) is 0 Å². The second kappa shape index (κ2) is 9.30. The minimum absolute atomic E-state index is 0.0262. The summed E-state index contributed by atoms with van der Waals surface area (Å²) in [4.78, 5) is 19.5. The van der Waals surface area contributed by atoms with Crippen molar-refractivity contribution in [3.8, 4) is 0 Å². The Morgan fingerprint density at radius 2 is 1.61 bits per heavy atom. The van der Waals surface area contributed by atoms with E-state index in [4.69, 9.17) is 4.98 Å². The van der Waals surface area contributed by atoms with Crippen LogP contribution in [-0.2, 0) is 0 Å². The van der Waals surface area contributed by atoms with Gasteiger partial charge in [-0.05, 0) is 43.7 Å². The highest BCUT2D eigenvalue weighted by Crippen LogP contribution is 2.40. The van der Waals surface area contributed by atoms with Crippen molar-refractivity contribution in [1.82, 2.24) is 15.6 Å². The molecule has 2 amide bonds. The summed E-state index contributed by atoms with van der Waals surface area (Å²) < 4.78 is 0. The Morgan fingerprint density at radius 1 is 0.909 bits per heavy atom. The summed E-state index contributed by atoms with van der Waals surface area (Å²) in [7, 11) is 4.13. The van der Waals surface area contributed by atoms with Gasteiger partial charge in [-0.1, -0.05) is 48.5 Å². The summed E-state index contributed by atoms with van der Waals surface area (Å²) in [6.45, 7) is 0. The second-order valence-corrected chi connectivity index (χ2v) is 9.61. The summed E-state index contributed by atoms with van der Waals surface area (Å²) in [6.07, 6.45) is 5.03. The predicted molar refractivity (Wildman–Crippen MR) is 135 cm³/mol. The maximum atomic E-state index is 12.5. The third-order valence-corrected chi connectivity index (χ3v) is 6.93. The zero-order valence-electron chi connectivity index (χ0n) is 19.4. The fourth-order valence-electron chi connectivity index (χ4n) is 5.01. The summed E-state index contributed by atoms with van der Waals surface area (Å²) >= 11 is 0. The van der Waals surface area contributed by atoms with E-state index < -0.39 is 0 Å². The normalized spacial score (nSPS) is 24.2. The van der Waals surface area contributed by atoms with Gasteiger partial charge in [-0.3, -0.25) is 0 Å². The molecule has 2 saturated carbocycles. The molecule has 33 heavy (non-hydrogen) atoms. The van der Waals surface area contributed by atoms with Crippen LogP contribution in [0.25, 0.3) is 10.9 Å². The van der Waals surface area contributed by atoms with Crippen molar-refractivity contribution >= 4 is 28.4 Å². The first kappa shape index (κ1) is 21.6. The SMILES string of the molecule is CN(C)c1cc(NC2CCC(NC(=O)N[C@@H]3C[C@H]3c3ccccc3)CC2)nc2ccccc12. The van der Waals surface area contributed by atoms with Crippen LogP contribution in [0.5, 0.6) is 0 Å². The summed E-state index contributed by atoms with van der Waals surface area (Å²) in [5.41, 5.74) is 3.49. The number of carbonyl (C=O) groups excluding carboxylic acids is 1. The fraction of sp³-hybridized carbons (Fsp3) is 0.407. The van der Waals surface area contributed by atoms with Gasteiger partial charge in [0.25, 0.3) is 0 Å². The predicted octanol–water partition coefficient (Wildman–Crippen LogP) is 4.88. The number of rotatable bonds is 6. The molecule has 0 unspecified atom stereocenters. The lowest BCUT2D eigenvalue weighted by Crippen LogP contribution is -2.45. The largest absolute Gasteiger partial charge is 0.377 e.